The van der Waals surface area contributed by atoms with Crippen LogP contribution in [0.5, 0.6) is 0 Å². The van der Waals surface area contributed by atoms with Crippen LogP contribution in [-0.2, 0) is 12.8 Å². The third-order valence-electron chi connectivity index (χ3n) is 2.23. The van der Waals surface area contributed by atoms with Gasteiger partial charge in [0.1, 0.15) is 0 Å². The number of H-pyrrole nitrogens is 1. The monoisotopic (exact) mass is 181 g/mol. The van der Waals surface area contributed by atoms with Crippen LogP contribution in [0.25, 0.3) is 0 Å². The fraction of sp³-hybridized carbons (Fsp3) is 0.500. The molecule has 2 rings (SSSR count). The molecule has 1 aromatic rings. The van der Waals surface area contributed by atoms with Crippen molar-refractivity contribution in [2.45, 2.75) is 25.3 Å². The molecule has 0 saturated heterocycles. The van der Waals surface area contributed by atoms with Crippen LogP contribution in [0.2, 0.25) is 0 Å². The van der Waals surface area contributed by atoms with E-state index < -0.39 is 0 Å². The molecule has 0 saturated carbocycles. The van der Waals surface area contributed by atoms with E-state index in [0.717, 1.165) is 19.3 Å². The zero-order chi connectivity index (χ0) is 8.55. The maximum Gasteiger partial charge on any atom is 0.196 e. The van der Waals surface area contributed by atoms with E-state index in [-0.39, 0.29) is 0 Å². The summed E-state index contributed by atoms with van der Waals surface area (Å²) < 4.78 is 0.573. The summed E-state index contributed by atoms with van der Waals surface area (Å²) in [5.74, 6) is 0. The van der Waals surface area contributed by atoms with Crippen LogP contribution in [0.15, 0.2) is 6.20 Å². The Hall–Kier alpha value is -0.740. The summed E-state index contributed by atoms with van der Waals surface area (Å²) in [4.78, 5) is 7.13. The molecule has 1 aliphatic rings. The Kier molecular flexibility index (Phi) is 1.94. The number of aromatic amines is 1. The van der Waals surface area contributed by atoms with E-state index in [4.69, 9.17) is 18.0 Å². The first-order valence-electron chi connectivity index (χ1n) is 4.08. The van der Waals surface area contributed by atoms with Gasteiger partial charge >= 0.3 is 0 Å². The molecule has 3 nitrogen and oxygen atoms in total. The lowest BCUT2D eigenvalue weighted by atomic mass is 9.94. The largest absolute Gasteiger partial charge is 0.334 e. The van der Waals surface area contributed by atoms with Gasteiger partial charge in [-0.1, -0.05) is 0 Å². The first-order chi connectivity index (χ1) is 5.75. The standard InChI is InChI=1S/C8H11N3S/c9-6-1-2-7-5(3-6)4-10-8(12)11-7/h4,6H,1-3,9H2,(H,10,11,12)/t6-/m1/s1. The number of aryl methyl sites for hydroxylation is 1. The van der Waals surface area contributed by atoms with Gasteiger partial charge in [-0.05, 0) is 37.0 Å². The molecule has 4 heteroatoms. The lowest BCUT2D eigenvalue weighted by Gasteiger charge is -2.19. The van der Waals surface area contributed by atoms with Crippen LogP contribution in [0.1, 0.15) is 17.7 Å². The predicted octanol–water partition coefficient (Wildman–Crippen LogP) is 0.955. The van der Waals surface area contributed by atoms with Gasteiger partial charge < -0.3 is 10.7 Å². The fourth-order valence-corrected chi connectivity index (χ4v) is 1.75. The van der Waals surface area contributed by atoms with Gasteiger partial charge in [0.25, 0.3) is 0 Å². The second-order valence-electron chi connectivity index (χ2n) is 3.20. The van der Waals surface area contributed by atoms with Gasteiger partial charge in [-0.25, -0.2) is 4.98 Å². The van der Waals surface area contributed by atoms with Crippen LogP contribution in [0.3, 0.4) is 0 Å². The number of aromatic nitrogens is 2. The van der Waals surface area contributed by atoms with Gasteiger partial charge in [-0.3, -0.25) is 0 Å². The summed E-state index contributed by atoms with van der Waals surface area (Å²) in [5, 5.41) is 0. The zero-order valence-electron chi connectivity index (χ0n) is 6.71. The van der Waals surface area contributed by atoms with Gasteiger partial charge in [0.05, 0.1) is 0 Å². The predicted molar refractivity (Wildman–Crippen MR) is 49.4 cm³/mol. The highest BCUT2D eigenvalue weighted by atomic mass is 32.1. The van der Waals surface area contributed by atoms with E-state index in [1.54, 1.807) is 0 Å². The van der Waals surface area contributed by atoms with Crippen molar-refractivity contribution in [3.63, 3.8) is 0 Å². The molecule has 0 unspecified atom stereocenters. The minimum Gasteiger partial charge on any atom is -0.334 e. The maximum absolute atomic E-state index is 5.82. The number of nitrogens with one attached hydrogen (secondary N) is 1. The number of nitrogens with zero attached hydrogens (tertiary/aromatic N) is 1. The highest BCUT2D eigenvalue weighted by molar-refractivity contribution is 7.71. The molecule has 12 heavy (non-hydrogen) atoms. The SMILES string of the molecule is N[C@@H]1CCc2[nH]c(=S)ncc2C1. The van der Waals surface area contributed by atoms with Crippen LogP contribution in [0, 0.1) is 4.77 Å². The number of hydrogen-bond donors (Lipinski definition) is 2. The van der Waals surface area contributed by atoms with Crippen molar-refractivity contribution >= 4 is 12.2 Å². The molecule has 1 aliphatic carbocycles. The summed E-state index contributed by atoms with van der Waals surface area (Å²) in [6.45, 7) is 0. The Balaban J connectivity index is 2.43. The highest BCUT2D eigenvalue weighted by Crippen LogP contribution is 2.16. The molecule has 0 spiro atoms. The van der Waals surface area contributed by atoms with Crippen molar-refractivity contribution in [3.05, 3.63) is 22.2 Å². The van der Waals surface area contributed by atoms with E-state index in [0.29, 0.717) is 10.8 Å². The van der Waals surface area contributed by atoms with Crippen LogP contribution < -0.4 is 5.73 Å². The van der Waals surface area contributed by atoms with Gasteiger partial charge in [-0.2, -0.15) is 0 Å². The molecule has 0 radical (unpaired) electrons. The third kappa shape index (κ3) is 1.40. The second-order valence-corrected chi connectivity index (χ2v) is 3.58. The lowest BCUT2D eigenvalue weighted by molar-refractivity contribution is 0.563. The molecule has 1 atom stereocenters. The van der Waals surface area contributed by atoms with Crippen molar-refractivity contribution in [2.24, 2.45) is 5.73 Å². The summed E-state index contributed by atoms with van der Waals surface area (Å²) in [5.41, 5.74) is 8.26. The molecule has 0 aliphatic heterocycles. The summed E-state index contributed by atoms with van der Waals surface area (Å²) >= 11 is 4.93. The molecule has 64 valence electrons. The topological polar surface area (TPSA) is 54.7 Å². The maximum atomic E-state index is 5.82. The third-order valence-corrected chi connectivity index (χ3v) is 2.44. The van der Waals surface area contributed by atoms with Gasteiger partial charge in [0, 0.05) is 17.9 Å². The Morgan fingerprint density at radius 1 is 1.67 bits per heavy atom. The quantitative estimate of drug-likeness (QED) is 0.586. The van der Waals surface area contributed by atoms with Crippen molar-refractivity contribution in [1.29, 1.82) is 0 Å². The smallest absolute Gasteiger partial charge is 0.196 e. The van der Waals surface area contributed by atoms with E-state index >= 15 is 0 Å². The second kappa shape index (κ2) is 2.95. The minimum absolute atomic E-state index is 0.295. The van der Waals surface area contributed by atoms with Crippen molar-refractivity contribution in [3.8, 4) is 0 Å². The lowest BCUT2D eigenvalue weighted by Crippen LogP contribution is -2.28. The molecule has 0 fully saturated rings. The number of fused-ring (bicyclic) bond motifs is 1. The van der Waals surface area contributed by atoms with E-state index in [2.05, 4.69) is 9.97 Å². The van der Waals surface area contributed by atoms with Crippen LogP contribution >= 0.6 is 12.2 Å². The highest BCUT2D eigenvalue weighted by Gasteiger charge is 2.15. The Labute approximate surface area is 76.0 Å². The molecule has 1 heterocycles. The van der Waals surface area contributed by atoms with Gasteiger partial charge in [-0.15, -0.1) is 0 Å². The van der Waals surface area contributed by atoms with Crippen LogP contribution in [-0.4, -0.2) is 16.0 Å². The summed E-state index contributed by atoms with van der Waals surface area (Å²) in [7, 11) is 0. The van der Waals surface area contributed by atoms with Gasteiger partial charge in [0.2, 0.25) is 0 Å². The van der Waals surface area contributed by atoms with Crippen molar-refractivity contribution < 1.29 is 0 Å². The Morgan fingerprint density at radius 2 is 2.50 bits per heavy atom. The van der Waals surface area contributed by atoms with Crippen molar-refractivity contribution in [1.82, 2.24) is 9.97 Å². The first kappa shape index (κ1) is 7.89. The molecular weight excluding hydrogens is 170 g/mol. The Bertz CT molecular complexity index is 344. The van der Waals surface area contributed by atoms with E-state index in [1.807, 2.05) is 6.20 Å². The summed E-state index contributed by atoms with van der Waals surface area (Å²) in [6.07, 6.45) is 4.81. The Morgan fingerprint density at radius 3 is 3.33 bits per heavy atom. The molecule has 0 amide bonds. The number of hydrogen-bond acceptors (Lipinski definition) is 3. The first-order valence-corrected chi connectivity index (χ1v) is 4.49. The van der Waals surface area contributed by atoms with Crippen LogP contribution in [0.4, 0.5) is 0 Å². The molecular formula is C8H11N3S. The molecule has 1 aromatic heterocycles. The zero-order valence-corrected chi connectivity index (χ0v) is 7.53. The fourth-order valence-electron chi connectivity index (χ4n) is 1.57. The molecule has 0 aromatic carbocycles. The number of rotatable bonds is 0. The van der Waals surface area contributed by atoms with E-state index in [1.165, 1.54) is 11.3 Å². The minimum atomic E-state index is 0.295. The molecule has 3 N–H and O–H groups in total. The normalized spacial score (nSPS) is 21.9. The molecule has 0 bridgehead atoms. The average Bonchev–Trinajstić information content (AvgIpc) is 2.05. The number of nitrogens with two attached hydrogens (primary N) is 1. The van der Waals surface area contributed by atoms with Gasteiger partial charge in [0.15, 0.2) is 4.77 Å². The van der Waals surface area contributed by atoms with E-state index in [9.17, 15) is 0 Å². The van der Waals surface area contributed by atoms with Crippen molar-refractivity contribution in [2.75, 3.05) is 0 Å². The average molecular weight is 181 g/mol. The summed E-state index contributed by atoms with van der Waals surface area (Å²) in [6, 6.07) is 0.295.